The molecule has 1 aromatic carbocycles. The molecule has 4 nitrogen and oxygen atoms in total. The second-order valence-electron chi connectivity index (χ2n) is 4.88. The van der Waals surface area contributed by atoms with E-state index >= 15 is 0 Å². The summed E-state index contributed by atoms with van der Waals surface area (Å²) in [7, 11) is 0. The van der Waals surface area contributed by atoms with E-state index in [1.165, 1.54) is 0 Å². The minimum absolute atomic E-state index is 0.0660. The molecule has 1 aromatic rings. The summed E-state index contributed by atoms with van der Waals surface area (Å²) in [5.74, 6) is -1.68. The van der Waals surface area contributed by atoms with Crippen LogP contribution < -0.4 is 0 Å². The average molecular weight is 428 g/mol. The summed E-state index contributed by atoms with van der Waals surface area (Å²) in [5.41, 5.74) is 0.418. The third kappa shape index (κ3) is 3.04. The Hall–Kier alpha value is -0.530. The first-order valence-electron chi connectivity index (χ1n) is 5.98. The molecule has 1 N–H and O–H groups in total. The largest absolute Gasteiger partial charge is 0.481 e. The Morgan fingerprint density at radius 3 is 2.55 bits per heavy atom. The van der Waals surface area contributed by atoms with Gasteiger partial charge in [-0.05, 0) is 40.6 Å². The highest BCUT2D eigenvalue weighted by Crippen LogP contribution is 2.30. The van der Waals surface area contributed by atoms with E-state index in [4.69, 9.17) is 28.3 Å². The van der Waals surface area contributed by atoms with Crippen molar-refractivity contribution >= 4 is 57.7 Å². The van der Waals surface area contributed by atoms with Gasteiger partial charge in [-0.15, -0.1) is 0 Å². The van der Waals surface area contributed by atoms with Crippen LogP contribution in [0, 0.1) is 15.4 Å². The van der Waals surface area contributed by atoms with Gasteiger partial charge in [0.05, 0.1) is 16.5 Å². The van der Waals surface area contributed by atoms with E-state index in [2.05, 4.69) is 0 Å². The number of rotatable bonds is 2. The number of aliphatic carboxylic acids is 1. The lowest BCUT2D eigenvalue weighted by Crippen LogP contribution is -2.30. The monoisotopic (exact) mass is 427 g/mol. The molecule has 0 aliphatic carbocycles. The van der Waals surface area contributed by atoms with E-state index in [1.54, 1.807) is 17.0 Å². The summed E-state index contributed by atoms with van der Waals surface area (Å²) in [6, 6.07) is 3.14. The minimum atomic E-state index is -0.869. The summed E-state index contributed by atoms with van der Waals surface area (Å²) < 4.78 is 0.630. The fourth-order valence-corrected chi connectivity index (χ4v) is 3.37. The Morgan fingerprint density at radius 2 is 2.00 bits per heavy atom. The lowest BCUT2D eigenvalue weighted by molar-refractivity contribution is -0.142. The highest BCUT2D eigenvalue weighted by Gasteiger charge is 2.37. The number of carbonyl (C=O) groups is 2. The quantitative estimate of drug-likeness (QED) is 0.581. The van der Waals surface area contributed by atoms with Crippen molar-refractivity contribution in [1.29, 1.82) is 0 Å². The molecule has 2 rings (SSSR count). The molecule has 2 unspecified atom stereocenters. The number of hydrogen-bond donors (Lipinski definition) is 1. The van der Waals surface area contributed by atoms with Crippen molar-refractivity contribution in [3.8, 4) is 0 Å². The van der Waals surface area contributed by atoms with Crippen LogP contribution in [-0.2, 0) is 4.79 Å². The molecule has 7 heteroatoms. The van der Waals surface area contributed by atoms with Gasteiger partial charge in [0.2, 0.25) is 0 Å². The van der Waals surface area contributed by atoms with Crippen molar-refractivity contribution in [2.24, 2.45) is 11.8 Å². The number of amides is 1. The first kappa shape index (κ1) is 15.9. The normalized spacial score (nSPS) is 22.1. The van der Waals surface area contributed by atoms with Crippen LogP contribution in [0.15, 0.2) is 12.1 Å². The molecule has 0 saturated carbocycles. The van der Waals surface area contributed by atoms with E-state index in [0.717, 1.165) is 0 Å². The third-order valence-electron chi connectivity index (χ3n) is 3.44. The molecular formula is C13H12Cl2INO3. The van der Waals surface area contributed by atoms with E-state index in [0.29, 0.717) is 25.7 Å². The Kier molecular flexibility index (Phi) is 4.81. The van der Waals surface area contributed by atoms with Crippen LogP contribution in [-0.4, -0.2) is 35.0 Å². The number of carboxylic acid groups (broad SMARTS) is 1. The zero-order chi connectivity index (χ0) is 15.0. The Balaban J connectivity index is 2.28. The molecule has 1 amide bonds. The predicted octanol–water partition coefficient (Wildman–Crippen LogP) is 3.39. The Morgan fingerprint density at radius 1 is 1.35 bits per heavy atom. The lowest BCUT2D eigenvalue weighted by Gasteiger charge is -2.17. The van der Waals surface area contributed by atoms with Crippen molar-refractivity contribution in [2.45, 2.75) is 6.92 Å². The summed E-state index contributed by atoms with van der Waals surface area (Å²) >= 11 is 13.9. The molecule has 20 heavy (non-hydrogen) atoms. The van der Waals surface area contributed by atoms with Crippen molar-refractivity contribution in [3.05, 3.63) is 31.3 Å². The fraction of sp³-hybridized carbons (Fsp3) is 0.385. The number of carboxylic acids is 1. The van der Waals surface area contributed by atoms with Crippen LogP contribution >= 0.6 is 45.8 Å². The maximum atomic E-state index is 12.5. The van der Waals surface area contributed by atoms with E-state index < -0.39 is 11.9 Å². The summed E-state index contributed by atoms with van der Waals surface area (Å²) in [5, 5.41) is 9.92. The highest BCUT2D eigenvalue weighted by molar-refractivity contribution is 14.1. The van der Waals surface area contributed by atoms with Gasteiger partial charge in [0.15, 0.2) is 0 Å². The van der Waals surface area contributed by atoms with Gasteiger partial charge in [-0.3, -0.25) is 9.59 Å². The zero-order valence-electron chi connectivity index (χ0n) is 10.6. The highest BCUT2D eigenvalue weighted by atomic mass is 127. The van der Waals surface area contributed by atoms with Crippen LogP contribution in [0.3, 0.4) is 0 Å². The van der Waals surface area contributed by atoms with Crippen LogP contribution in [0.2, 0.25) is 10.0 Å². The maximum absolute atomic E-state index is 12.5. The van der Waals surface area contributed by atoms with Gasteiger partial charge in [0, 0.05) is 21.7 Å². The summed E-state index contributed by atoms with van der Waals surface area (Å²) in [6.07, 6.45) is 0. The van der Waals surface area contributed by atoms with E-state index in [1.807, 2.05) is 29.5 Å². The molecule has 1 aliphatic rings. The van der Waals surface area contributed by atoms with Gasteiger partial charge in [0.25, 0.3) is 5.91 Å². The number of nitrogens with zero attached hydrogens (tertiary/aromatic N) is 1. The molecule has 1 fully saturated rings. The van der Waals surface area contributed by atoms with Crippen molar-refractivity contribution in [2.75, 3.05) is 13.1 Å². The first-order valence-corrected chi connectivity index (χ1v) is 7.81. The number of benzene rings is 1. The standard InChI is InChI=1S/C13H12Cl2INO3/c1-6-4-17(5-9(6)13(19)20)12(18)8-2-7(14)3-10(15)11(8)16/h2-3,6,9H,4-5H2,1H3,(H,19,20). The van der Waals surface area contributed by atoms with Gasteiger partial charge < -0.3 is 10.0 Å². The fourth-order valence-electron chi connectivity index (χ4n) is 2.34. The predicted molar refractivity (Wildman–Crippen MR) is 85.4 cm³/mol. The minimum Gasteiger partial charge on any atom is -0.481 e. The molecule has 0 aromatic heterocycles. The molecule has 1 saturated heterocycles. The first-order chi connectivity index (χ1) is 9.31. The average Bonchev–Trinajstić information content (AvgIpc) is 2.75. The van der Waals surface area contributed by atoms with Crippen molar-refractivity contribution in [1.82, 2.24) is 4.90 Å². The van der Waals surface area contributed by atoms with Crippen molar-refractivity contribution in [3.63, 3.8) is 0 Å². The van der Waals surface area contributed by atoms with Crippen LogP contribution in [0.5, 0.6) is 0 Å². The summed E-state index contributed by atoms with van der Waals surface area (Å²) in [6.45, 7) is 2.48. The summed E-state index contributed by atoms with van der Waals surface area (Å²) in [4.78, 5) is 25.2. The molecular weight excluding hydrogens is 416 g/mol. The molecule has 1 aliphatic heterocycles. The molecule has 0 radical (unpaired) electrons. The number of likely N-dealkylation sites (tertiary alicyclic amines) is 1. The van der Waals surface area contributed by atoms with Crippen molar-refractivity contribution < 1.29 is 14.7 Å². The smallest absolute Gasteiger partial charge is 0.308 e. The van der Waals surface area contributed by atoms with Crippen LogP contribution in [0.4, 0.5) is 0 Å². The second-order valence-corrected chi connectivity index (χ2v) is 6.80. The molecule has 2 atom stereocenters. The van der Waals surface area contributed by atoms with Gasteiger partial charge in [-0.2, -0.15) is 0 Å². The van der Waals surface area contributed by atoms with Gasteiger partial charge in [-0.1, -0.05) is 30.1 Å². The van der Waals surface area contributed by atoms with Gasteiger partial charge in [-0.25, -0.2) is 0 Å². The zero-order valence-corrected chi connectivity index (χ0v) is 14.2. The van der Waals surface area contributed by atoms with E-state index in [9.17, 15) is 9.59 Å². The second kappa shape index (κ2) is 6.07. The Labute approximate surface area is 140 Å². The molecule has 108 valence electrons. The van der Waals surface area contributed by atoms with Crippen LogP contribution in [0.25, 0.3) is 0 Å². The third-order valence-corrected chi connectivity index (χ3v) is 5.44. The molecule has 1 heterocycles. The molecule has 0 spiro atoms. The van der Waals surface area contributed by atoms with Gasteiger partial charge in [0.1, 0.15) is 0 Å². The number of hydrogen-bond acceptors (Lipinski definition) is 2. The van der Waals surface area contributed by atoms with Gasteiger partial charge >= 0.3 is 5.97 Å². The number of halogens is 3. The van der Waals surface area contributed by atoms with Crippen LogP contribution in [0.1, 0.15) is 17.3 Å². The lowest BCUT2D eigenvalue weighted by atomic mass is 9.99. The van der Waals surface area contributed by atoms with E-state index in [-0.39, 0.29) is 18.4 Å². The maximum Gasteiger partial charge on any atom is 0.308 e. The SMILES string of the molecule is CC1CN(C(=O)c2cc(Cl)cc(Cl)c2I)CC1C(=O)O. The topological polar surface area (TPSA) is 57.6 Å². The number of carbonyl (C=O) groups excluding carboxylic acids is 1. The Bertz CT molecular complexity index is 579. The molecule has 0 bridgehead atoms.